The van der Waals surface area contributed by atoms with Gasteiger partial charge in [-0.25, -0.2) is 14.5 Å². The maximum Gasteiger partial charge on any atom is 0.410 e. The highest BCUT2D eigenvalue weighted by Crippen LogP contribution is 2.34. The molecule has 1 atom stereocenters. The molecule has 2 aliphatic rings. The topological polar surface area (TPSA) is 80.6 Å². The first-order chi connectivity index (χ1) is 11.5. The van der Waals surface area contributed by atoms with Crippen molar-refractivity contribution in [2.45, 2.75) is 57.7 Å². The molecule has 8 heteroatoms. The molecule has 2 amide bonds. The Kier molecular flexibility index (Phi) is 4.73. The highest BCUT2D eigenvalue weighted by atomic mass is 16.6. The molecule has 0 bridgehead atoms. The zero-order chi connectivity index (χ0) is 17.2. The predicted molar refractivity (Wildman–Crippen MR) is 86.1 cm³/mol. The summed E-state index contributed by atoms with van der Waals surface area (Å²) in [5.74, 6) is 0.0240. The van der Waals surface area contributed by atoms with Gasteiger partial charge in [-0.15, -0.1) is 0 Å². The lowest BCUT2D eigenvalue weighted by atomic mass is 9.91. The molecule has 24 heavy (non-hydrogen) atoms. The maximum atomic E-state index is 12.3. The van der Waals surface area contributed by atoms with Crippen LogP contribution in [0, 0.1) is 0 Å². The van der Waals surface area contributed by atoms with E-state index in [4.69, 9.17) is 4.74 Å². The van der Waals surface area contributed by atoms with Crippen molar-refractivity contribution >= 4 is 12.0 Å². The number of carbonyl (C=O) groups is 2. The van der Waals surface area contributed by atoms with Crippen molar-refractivity contribution in [1.29, 1.82) is 0 Å². The number of ether oxygens (including phenoxy) is 1. The van der Waals surface area contributed by atoms with E-state index in [1.54, 1.807) is 0 Å². The minimum Gasteiger partial charge on any atom is -0.441 e. The Balaban J connectivity index is 1.55. The van der Waals surface area contributed by atoms with E-state index >= 15 is 0 Å². The minimum absolute atomic E-state index is 0.0240. The molecule has 2 saturated heterocycles. The molecule has 0 aromatic carbocycles. The summed E-state index contributed by atoms with van der Waals surface area (Å²) >= 11 is 0. The summed E-state index contributed by atoms with van der Waals surface area (Å²) in [4.78, 5) is 32.0. The zero-order valence-electron chi connectivity index (χ0n) is 14.3. The van der Waals surface area contributed by atoms with Crippen molar-refractivity contribution < 1.29 is 14.3 Å². The van der Waals surface area contributed by atoms with Crippen molar-refractivity contribution in [3.63, 3.8) is 0 Å². The van der Waals surface area contributed by atoms with Gasteiger partial charge >= 0.3 is 6.09 Å². The van der Waals surface area contributed by atoms with Crippen LogP contribution in [0.2, 0.25) is 0 Å². The minimum atomic E-state index is -0.427. The fraction of sp³-hybridized carbons (Fsp3) is 0.750. The van der Waals surface area contributed by atoms with Crippen molar-refractivity contribution in [2.75, 3.05) is 19.6 Å². The highest BCUT2D eigenvalue weighted by Gasteiger charge is 2.48. The summed E-state index contributed by atoms with van der Waals surface area (Å²) in [6.45, 7) is 6.24. The molecule has 2 aliphatic heterocycles. The molecular formula is C16H25N5O3. The normalized spacial score (nSPS) is 21.2. The first kappa shape index (κ1) is 16.7. The molecule has 2 fully saturated rings. The van der Waals surface area contributed by atoms with Gasteiger partial charge in [-0.05, 0) is 13.3 Å². The van der Waals surface area contributed by atoms with Gasteiger partial charge in [0.1, 0.15) is 24.8 Å². The van der Waals surface area contributed by atoms with Crippen LogP contribution in [-0.4, -0.2) is 67.8 Å². The predicted octanol–water partition coefficient (Wildman–Crippen LogP) is 1.28. The lowest BCUT2D eigenvalue weighted by Crippen LogP contribution is -2.49. The zero-order valence-corrected chi connectivity index (χ0v) is 14.3. The summed E-state index contributed by atoms with van der Waals surface area (Å²) in [5, 5.41) is 3.96. The quantitative estimate of drug-likeness (QED) is 0.810. The van der Waals surface area contributed by atoms with Crippen molar-refractivity contribution in [2.24, 2.45) is 0 Å². The van der Waals surface area contributed by atoms with Gasteiger partial charge in [0.05, 0.1) is 6.54 Å². The molecule has 1 aromatic rings. The molecule has 1 unspecified atom stereocenters. The molecular weight excluding hydrogens is 310 g/mol. The number of hydrogen-bond donors (Lipinski definition) is 0. The van der Waals surface area contributed by atoms with Crippen LogP contribution in [0.5, 0.6) is 0 Å². The third-order valence-corrected chi connectivity index (χ3v) is 5.03. The Morgan fingerprint density at radius 3 is 2.79 bits per heavy atom. The lowest BCUT2D eigenvalue weighted by molar-refractivity contribution is -0.135. The first-order valence-corrected chi connectivity index (χ1v) is 8.63. The number of aromatic nitrogens is 3. The summed E-state index contributed by atoms with van der Waals surface area (Å²) in [6.07, 6.45) is 6.15. The van der Waals surface area contributed by atoms with E-state index in [-0.39, 0.29) is 24.6 Å². The number of piperidine rings is 1. The van der Waals surface area contributed by atoms with E-state index in [2.05, 4.69) is 23.9 Å². The van der Waals surface area contributed by atoms with Crippen LogP contribution in [0.25, 0.3) is 0 Å². The van der Waals surface area contributed by atoms with Crippen LogP contribution in [-0.2, 0) is 16.1 Å². The molecule has 1 spiro atoms. The number of likely N-dealkylation sites (tertiary alicyclic amines) is 1. The summed E-state index contributed by atoms with van der Waals surface area (Å²) in [5.41, 5.74) is -0.427. The molecule has 0 radical (unpaired) electrons. The highest BCUT2D eigenvalue weighted by molar-refractivity contribution is 5.76. The molecule has 0 saturated carbocycles. The van der Waals surface area contributed by atoms with Gasteiger partial charge < -0.3 is 14.5 Å². The monoisotopic (exact) mass is 335 g/mol. The van der Waals surface area contributed by atoms with E-state index < -0.39 is 5.60 Å². The Morgan fingerprint density at radius 1 is 1.42 bits per heavy atom. The second-order valence-corrected chi connectivity index (χ2v) is 6.79. The van der Waals surface area contributed by atoms with Crippen molar-refractivity contribution in [3.8, 4) is 0 Å². The van der Waals surface area contributed by atoms with Crippen LogP contribution in [0.1, 0.15) is 39.5 Å². The Labute approximate surface area is 141 Å². The van der Waals surface area contributed by atoms with Gasteiger partial charge in [-0.1, -0.05) is 13.3 Å². The third kappa shape index (κ3) is 3.37. The number of hydrogen-bond acceptors (Lipinski definition) is 5. The fourth-order valence-electron chi connectivity index (χ4n) is 3.54. The van der Waals surface area contributed by atoms with Crippen molar-refractivity contribution in [3.05, 3.63) is 12.7 Å². The molecule has 3 heterocycles. The van der Waals surface area contributed by atoms with Crippen LogP contribution < -0.4 is 0 Å². The average molecular weight is 335 g/mol. The van der Waals surface area contributed by atoms with Gasteiger partial charge in [0.2, 0.25) is 5.91 Å². The van der Waals surface area contributed by atoms with Gasteiger partial charge in [0.15, 0.2) is 0 Å². The number of carbonyl (C=O) groups excluding carboxylic acids is 2. The number of amides is 2. The molecule has 0 N–H and O–H groups in total. The fourth-order valence-corrected chi connectivity index (χ4v) is 3.54. The second-order valence-electron chi connectivity index (χ2n) is 6.79. The molecule has 8 nitrogen and oxygen atoms in total. The standard InChI is InChI=1S/C16H25N5O3/c1-3-4-13(2)21-10-16(24-15(21)23)5-7-19(8-6-16)14(22)9-20-12-17-11-18-20/h11-13H,3-10H2,1-2H3. The number of nitrogens with zero attached hydrogens (tertiary/aromatic N) is 5. The van der Waals surface area contributed by atoms with Crippen LogP contribution in [0.3, 0.4) is 0 Å². The van der Waals surface area contributed by atoms with Crippen molar-refractivity contribution in [1.82, 2.24) is 24.6 Å². The Hall–Kier alpha value is -2.12. The molecule has 3 rings (SSSR count). The Morgan fingerprint density at radius 2 is 2.17 bits per heavy atom. The molecule has 132 valence electrons. The van der Waals surface area contributed by atoms with E-state index in [9.17, 15) is 9.59 Å². The molecule has 0 aliphatic carbocycles. The van der Waals surface area contributed by atoms with E-state index in [1.165, 1.54) is 17.3 Å². The van der Waals surface area contributed by atoms with Crippen LogP contribution in [0.4, 0.5) is 4.79 Å². The van der Waals surface area contributed by atoms with Gasteiger partial charge in [0.25, 0.3) is 0 Å². The number of rotatable bonds is 5. The SMILES string of the molecule is CCCC(C)N1CC2(CCN(C(=O)Cn3cncn3)CC2)OC1=O. The van der Waals surface area contributed by atoms with E-state index in [0.29, 0.717) is 32.5 Å². The molecule has 1 aromatic heterocycles. The Bertz CT molecular complexity index is 581. The third-order valence-electron chi connectivity index (χ3n) is 5.03. The average Bonchev–Trinajstić information content (AvgIpc) is 3.16. The summed E-state index contributed by atoms with van der Waals surface area (Å²) < 4.78 is 7.25. The van der Waals surface area contributed by atoms with Gasteiger partial charge in [-0.3, -0.25) is 4.79 Å². The van der Waals surface area contributed by atoms with E-state index in [0.717, 1.165) is 12.8 Å². The lowest BCUT2D eigenvalue weighted by Gasteiger charge is -2.37. The maximum absolute atomic E-state index is 12.3. The van der Waals surface area contributed by atoms with E-state index in [1.807, 2.05) is 9.80 Å². The van der Waals surface area contributed by atoms with Crippen LogP contribution in [0.15, 0.2) is 12.7 Å². The van der Waals surface area contributed by atoms with Gasteiger partial charge in [0, 0.05) is 32.0 Å². The first-order valence-electron chi connectivity index (χ1n) is 8.63. The van der Waals surface area contributed by atoms with Crippen LogP contribution >= 0.6 is 0 Å². The largest absolute Gasteiger partial charge is 0.441 e. The smallest absolute Gasteiger partial charge is 0.410 e. The second kappa shape index (κ2) is 6.78. The summed E-state index contributed by atoms with van der Waals surface area (Å²) in [6, 6.07) is 0.203. The van der Waals surface area contributed by atoms with Gasteiger partial charge in [-0.2, -0.15) is 5.10 Å². The summed E-state index contributed by atoms with van der Waals surface area (Å²) in [7, 11) is 0.